The van der Waals surface area contributed by atoms with Crippen LogP contribution in [0.1, 0.15) is 10.4 Å². The van der Waals surface area contributed by atoms with Crippen LogP contribution >= 0.6 is 0 Å². The van der Waals surface area contributed by atoms with Crippen LogP contribution in [0.4, 0.5) is 0 Å². The van der Waals surface area contributed by atoms with Crippen LogP contribution in [0.5, 0.6) is 5.75 Å². The van der Waals surface area contributed by atoms with E-state index in [0.29, 0.717) is 77.4 Å². The molecular formula is C19H28O7. The van der Waals surface area contributed by atoms with E-state index in [2.05, 4.69) is 6.58 Å². The second-order valence-corrected chi connectivity index (χ2v) is 5.02. The lowest BCUT2D eigenvalue weighted by molar-refractivity contribution is -0.00833. The van der Waals surface area contributed by atoms with Crippen LogP contribution in [0, 0.1) is 0 Å². The van der Waals surface area contributed by atoms with E-state index < -0.39 is 0 Å². The Balaban J connectivity index is 1.78. The van der Waals surface area contributed by atoms with E-state index in [0.717, 1.165) is 6.29 Å². The van der Waals surface area contributed by atoms with Crippen LogP contribution < -0.4 is 4.74 Å². The van der Waals surface area contributed by atoms with Crippen molar-refractivity contribution in [3.8, 4) is 5.75 Å². The molecule has 0 spiro atoms. The minimum Gasteiger partial charge on any atom is -0.499 e. The third-order valence-electron chi connectivity index (χ3n) is 3.09. The zero-order chi connectivity index (χ0) is 18.7. The molecule has 0 heterocycles. The van der Waals surface area contributed by atoms with Gasteiger partial charge in [0.25, 0.3) is 0 Å². The molecule has 0 unspecified atom stereocenters. The highest BCUT2D eigenvalue weighted by molar-refractivity contribution is 5.74. The summed E-state index contributed by atoms with van der Waals surface area (Å²) in [6.45, 7) is 8.49. The number of aldehydes is 1. The van der Waals surface area contributed by atoms with Crippen molar-refractivity contribution in [1.82, 2.24) is 0 Å². The molecule has 0 aromatic heterocycles. The van der Waals surface area contributed by atoms with Crippen molar-refractivity contribution >= 4 is 6.29 Å². The standard InChI is InChI=1S/C19H28O7/c1-2-21-7-8-22-9-10-23-11-12-24-13-14-25-15-16-26-19-5-3-18(17-20)4-6-19/h2-6,17H,1,7-16H2. The Labute approximate surface area is 154 Å². The smallest absolute Gasteiger partial charge is 0.150 e. The second-order valence-electron chi connectivity index (χ2n) is 5.02. The van der Waals surface area contributed by atoms with E-state index in [1.165, 1.54) is 6.26 Å². The Bertz CT molecular complexity index is 461. The van der Waals surface area contributed by atoms with E-state index in [1.54, 1.807) is 24.3 Å². The fourth-order valence-corrected chi connectivity index (χ4v) is 1.81. The maximum Gasteiger partial charge on any atom is 0.150 e. The lowest BCUT2D eigenvalue weighted by Crippen LogP contribution is -2.14. The molecule has 0 aliphatic rings. The zero-order valence-corrected chi connectivity index (χ0v) is 15.1. The van der Waals surface area contributed by atoms with Gasteiger partial charge in [0.1, 0.15) is 25.2 Å². The molecule has 0 amide bonds. The van der Waals surface area contributed by atoms with Crippen molar-refractivity contribution in [3.05, 3.63) is 42.7 Å². The first-order valence-electron chi connectivity index (χ1n) is 8.58. The molecule has 7 heteroatoms. The van der Waals surface area contributed by atoms with Crippen molar-refractivity contribution in [2.75, 3.05) is 66.1 Å². The molecule has 26 heavy (non-hydrogen) atoms. The number of hydrogen-bond acceptors (Lipinski definition) is 7. The van der Waals surface area contributed by atoms with Gasteiger partial charge in [0.2, 0.25) is 0 Å². The molecule has 1 aromatic carbocycles. The lowest BCUT2D eigenvalue weighted by Gasteiger charge is -2.08. The van der Waals surface area contributed by atoms with Crippen LogP contribution in [-0.4, -0.2) is 72.4 Å². The van der Waals surface area contributed by atoms with Gasteiger partial charge in [0.15, 0.2) is 0 Å². The first-order valence-corrected chi connectivity index (χ1v) is 8.58. The summed E-state index contributed by atoms with van der Waals surface area (Å²) in [6.07, 6.45) is 2.19. The number of hydrogen-bond donors (Lipinski definition) is 0. The molecule has 0 radical (unpaired) electrons. The predicted octanol–water partition coefficient (Wildman–Crippen LogP) is 2.10. The number of carbonyl (C=O) groups excluding carboxylic acids is 1. The quantitative estimate of drug-likeness (QED) is 0.223. The molecule has 0 N–H and O–H groups in total. The van der Waals surface area contributed by atoms with E-state index in [9.17, 15) is 4.79 Å². The summed E-state index contributed by atoms with van der Waals surface area (Å²) in [5.41, 5.74) is 0.625. The van der Waals surface area contributed by atoms with Gasteiger partial charge in [0.05, 0.1) is 59.1 Å². The maximum absolute atomic E-state index is 10.5. The molecule has 7 nitrogen and oxygen atoms in total. The van der Waals surface area contributed by atoms with Gasteiger partial charge in [-0.15, -0.1) is 0 Å². The summed E-state index contributed by atoms with van der Waals surface area (Å²) in [7, 11) is 0. The van der Waals surface area contributed by atoms with Gasteiger partial charge in [-0.3, -0.25) is 4.79 Å². The lowest BCUT2D eigenvalue weighted by atomic mass is 10.2. The second kappa shape index (κ2) is 16.5. The van der Waals surface area contributed by atoms with Gasteiger partial charge in [-0.1, -0.05) is 6.58 Å². The Morgan fingerprint density at radius 1 is 0.692 bits per heavy atom. The van der Waals surface area contributed by atoms with Crippen LogP contribution in [-0.2, 0) is 23.7 Å². The van der Waals surface area contributed by atoms with Gasteiger partial charge in [0, 0.05) is 5.56 Å². The Kier molecular flexibility index (Phi) is 14.1. The molecule has 0 aliphatic heterocycles. The SMILES string of the molecule is C=COCCOCCOCCOCCOCCOc1ccc(C=O)cc1. The zero-order valence-electron chi connectivity index (χ0n) is 15.1. The monoisotopic (exact) mass is 368 g/mol. The summed E-state index contributed by atoms with van der Waals surface area (Å²) in [5.74, 6) is 0.713. The van der Waals surface area contributed by atoms with Crippen LogP contribution in [0.2, 0.25) is 0 Å². The number of rotatable bonds is 18. The Morgan fingerprint density at radius 3 is 1.62 bits per heavy atom. The highest BCUT2D eigenvalue weighted by Gasteiger charge is 1.96. The average molecular weight is 368 g/mol. The van der Waals surface area contributed by atoms with Crippen molar-refractivity contribution in [3.63, 3.8) is 0 Å². The largest absolute Gasteiger partial charge is 0.499 e. The number of ether oxygens (including phenoxy) is 6. The van der Waals surface area contributed by atoms with Crippen molar-refractivity contribution in [2.45, 2.75) is 0 Å². The summed E-state index contributed by atoms with van der Waals surface area (Å²) >= 11 is 0. The Hall–Kier alpha value is -1.93. The van der Waals surface area contributed by atoms with Gasteiger partial charge in [-0.25, -0.2) is 0 Å². The van der Waals surface area contributed by atoms with Crippen molar-refractivity contribution in [2.24, 2.45) is 0 Å². The maximum atomic E-state index is 10.5. The minimum absolute atomic E-state index is 0.446. The molecule has 0 fully saturated rings. The van der Waals surface area contributed by atoms with Crippen LogP contribution in [0.15, 0.2) is 37.1 Å². The van der Waals surface area contributed by atoms with Gasteiger partial charge >= 0.3 is 0 Å². The van der Waals surface area contributed by atoms with E-state index >= 15 is 0 Å². The number of carbonyl (C=O) groups is 1. The molecule has 0 saturated carbocycles. The first-order chi connectivity index (χ1) is 12.9. The molecule has 1 rings (SSSR count). The summed E-state index contributed by atoms with van der Waals surface area (Å²) < 4.78 is 31.8. The van der Waals surface area contributed by atoms with E-state index in [4.69, 9.17) is 28.4 Å². The molecule has 0 aliphatic carbocycles. The topological polar surface area (TPSA) is 72.5 Å². The molecule has 0 bridgehead atoms. The molecule has 1 aromatic rings. The molecule has 0 atom stereocenters. The third-order valence-corrected chi connectivity index (χ3v) is 3.09. The van der Waals surface area contributed by atoms with Gasteiger partial charge < -0.3 is 28.4 Å². The molecule has 146 valence electrons. The van der Waals surface area contributed by atoms with Gasteiger partial charge in [-0.2, -0.15) is 0 Å². The van der Waals surface area contributed by atoms with Crippen molar-refractivity contribution in [1.29, 1.82) is 0 Å². The van der Waals surface area contributed by atoms with Gasteiger partial charge in [-0.05, 0) is 24.3 Å². The summed E-state index contributed by atoms with van der Waals surface area (Å²) in [4.78, 5) is 10.5. The normalized spacial score (nSPS) is 10.5. The molecular weight excluding hydrogens is 340 g/mol. The Morgan fingerprint density at radius 2 is 1.15 bits per heavy atom. The summed E-state index contributed by atoms with van der Waals surface area (Å²) in [6, 6.07) is 6.94. The highest BCUT2D eigenvalue weighted by atomic mass is 16.6. The van der Waals surface area contributed by atoms with Crippen LogP contribution in [0.25, 0.3) is 0 Å². The molecule has 0 saturated heterocycles. The summed E-state index contributed by atoms with van der Waals surface area (Å²) in [5, 5.41) is 0. The average Bonchev–Trinajstić information content (AvgIpc) is 2.68. The third kappa shape index (κ3) is 12.4. The predicted molar refractivity (Wildman–Crippen MR) is 96.7 cm³/mol. The fourth-order valence-electron chi connectivity index (χ4n) is 1.81. The first kappa shape index (κ1) is 22.1. The fraction of sp³-hybridized carbons (Fsp3) is 0.526. The number of benzene rings is 1. The van der Waals surface area contributed by atoms with Crippen molar-refractivity contribution < 1.29 is 33.2 Å². The van der Waals surface area contributed by atoms with E-state index in [-0.39, 0.29) is 0 Å². The van der Waals surface area contributed by atoms with Crippen LogP contribution in [0.3, 0.4) is 0 Å². The van der Waals surface area contributed by atoms with E-state index in [1.807, 2.05) is 0 Å². The minimum atomic E-state index is 0.446. The highest BCUT2D eigenvalue weighted by Crippen LogP contribution is 2.10.